The fraction of sp³-hybridized carbons (Fsp3) is 0.0800. The molecule has 9 nitrogen and oxygen atoms in total. The highest BCUT2D eigenvalue weighted by Crippen LogP contribution is 2.40. The molecule has 1 heterocycles. The molecule has 14 heteroatoms. The molecule has 0 aromatic heterocycles. The van der Waals surface area contributed by atoms with E-state index >= 15 is 0 Å². The molecule has 0 atom stereocenters. The third-order valence-corrected chi connectivity index (χ3v) is 6.65. The van der Waals surface area contributed by atoms with E-state index < -0.39 is 51.7 Å². The lowest BCUT2D eigenvalue weighted by Gasteiger charge is -2.13. The normalized spacial score (nSPS) is 14.6. The quantitative estimate of drug-likeness (QED) is 0.174. The second kappa shape index (κ2) is 11.3. The third kappa shape index (κ3) is 6.64. The Kier molecular flexibility index (Phi) is 8.06. The average molecular weight is 622 g/mol. The van der Waals surface area contributed by atoms with Crippen LogP contribution in [0.3, 0.4) is 0 Å². The molecule has 3 aromatic carbocycles. The number of carbonyl (C=O) groups excluding carboxylic acids is 3. The van der Waals surface area contributed by atoms with Crippen molar-refractivity contribution in [2.45, 2.75) is 6.18 Å². The summed E-state index contributed by atoms with van der Waals surface area (Å²) in [6, 6.07) is 14.5. The summed E-state index contributed by atoms with van der Waals surface area (Å²) < 4.78 is 45.4. The van der Waals surface area contributed by atoms with Crippen LogP contribution in [0.15, 0.2) is 76.1 Å². The van der Waals surface area contributed by atoms with Crippen LogP contribution >= 0.6 is 27.7 Å². The summed E-state index contributed by atoms with van der Waals surface area (Å²) in [5, 5.41) is 13.3. The molecule has 0 unspecified atom stereocenters. The molecule has 200 valence electrons. The average Bonchev–Trinajstić information content (AvgIpc) is 3.13. The van der Waals surface area contributed by atoms with Crippen molar-refractivity contribution in [2.75, 3.05) is 11.9 Å². The lowest BCUT2D eigenvalue weighted by molar-refractivity contribution is -0.385. The fourth-order valence-electron chi connectivity index (χ4n) is 3.39. The number of nitrogens with one attached hydrogen (secondary N) is 1. The van der Waals surface area contributed by atoms with Gasteiger partial charge < -0.3 is 10.1 Å². The molecule has 3 amide bonds. The summed E-state index contributed by atoms with van der Waals surface area (Å²) in [5.74, 6) is -1.81. The van der Waals surface area contributed by atoms with Gasteiger partial charge >= 0.3 is 11.9 Å². The predicted molar refractivity (Wildman–Crippen MR) is 140 cm³/mol. The van der Waals surface area contributed by atoms with E-state index in [4.69, 9.17) is 4.74 Å². The van der Waals surface area contributed by atoms with E-state index in [1.165, 1.54) is 24.3 Å². The van der Waals surface area contributed by atoms with Gasteiger partial charge in [-0.15, -0.1) is 0 Å². The number of amides is 3. The minimum Gasteiger partial charge on any atom is -0.449 e. The molecule has 0 radical (unpaired) electrons. The molecule has 1 fully saturated rings. The number of thioether (sulfide) groups is 1. The molecule has 1 saturated heterocycles. The van der Waals surface area contributed by atoms with Crippen LogP contribution in [0.2, 0.25) is 0 Å². The highest BCUT2D eigenvalue weighted by atomic mass is 79.9. The molecule has 0 bridgehead atoms. The first-order valence-electron chi connectivity index (χ1n) is 10.9. The summed E-state index contributed by atoms with van der Waals surface area (Å²) >= 11 is 3.85. The van der Waals surface area contributed by atoms with Crippen LogP contribution in [-0.2, 0) is 15.8 Å². The topological polar surface area (TPSA) is 119 Å². The van der Waals surface area contributed by atoms with Crippen molar-refractivity contribution in [3.05, 3.63) is 97.3 Å². The van der Waals surface area contributed by atoms with Crippen molar-refractivity contribution in [1.82, 2.24) is 4.90 Å². The number of hydrogen-bond donors (Lipinski definition) is 1. The van der Waals surface area contributed by atoms with Gasteiger partial charge in [0.2, 0.25) is 11.7 Å². The number of nitrogens with zero attached hydrogens (tertiary/aromatic N) is 2. The molecule has 0 spiro atoms. The van der Waals surface area contributed by atoms with E-state index in [-0.39, 0.29) is 16.2 Å². The van der Waals surface area contributed by atoms with Crippen molar-refractivity contribution >= 4 is 62.2 Å². The number of nitro benzene ring substituents is 1. The summed E-state index contributed by atoms with van der Waals surface area (Å²) in [6.07, 6.45) is -3.50. The number of imide groups is 1. The zero-order valence-electron chi connectivity index (χ0n) is 19.4. The van der Waals surface area contributed by atoms with Gasteiger partial charge in [0, 0.05) is 21.8 Å². The standard InChI is InChI=1S/C25H15BrF3N3O6S/c26-16-6-8-17(9-7-16)30-22(33)13-31-23(34)21(39-24(31)35)11-14-3-1-2-4-19(14)38-20-10-5-15(25(27,28)29)12-18(20)32(36)37/h1-12H,13H2,(H,30,33)/b21-11+. The number of ether oxygens (including phenoxy) is 1. The summed E-state index contributed by atoms with van der Waals surface area (Å²) in [4.78, 5) is 48.9. The van der Waals surface area contributed by atoms with Crippen LogP contribution in [0.1, 0.15) is 11.1 Å². The van der Waals surface area contributed by atoms with Crippen molar-refractivity contribution in [3.8, 4) is 11.5 Å². The van der Waals surface area contributed by atoms with Crippen molar-refractivity contribution < 1.29 is 37.2 Å². The molecule has 0 saturated carbocycles. The minimum absolute atomic E-state index is 0.0138. The molecule has 1 N–H and O–H groups in total. The van der Waals surface area contributed by atoms with E-state index in [2.05, 4.69) is 21.2 Å². The number of nitro groups is 1. The lowest BCUT2D eigenvalue weighted by Crippen LogP contribution is -2.36. The first kappa shape index (κ1) is 27.9. The molecule has 3 aromatic rings. The van der Waals surface area contributed by atoms with E-state index in [9.17, 15) is 37.7 Å². The number of anilines is 1. The van der Waals surface area contributed by atoms with E-state index in [1.54, 1.807) is 30.3 Å². The number of hydrogen-bond acceptors (Lipinski definition) is 7. The van der Waals surface area contributed by atoms with E-state index in [1.807, 2.05) is 0 Å². The van der Waals surface area contributed by atoms with Gasteiger partial charge in [-0.05, 0) is 60.3 Å². The van der Waals surface area contributed by atoms with Gasteiger partial charge in [0.25, 0.3) is 11.1 Å². The van der Waals surface area contributed by atoms with Gasteiger partial charge in [0.1, 0.15) is 12.3 Å². The molecule has 39 heavy (non-hydrogen) atoms. The minimum atomic E-state index is -4.79. The Morgan fingerprint density at radius 3 is 2.44 bits per heavy atom. The fourth-order valence-corrected chi connectivity index (χ4v) is 4.48. The molecule has 1 aliphatic rings. The van der Waals surface area contributed by atoms with Gasteiger partial charge in [-0.2, -0.15) is 13.2 Å². The van der Waals surface area contributed by atoms with Crippen LogP contribution < -0.4 is 10.1 Å². The Morgan fingerprint density at radius 1 is 1.08 bits per heavy atom. The zero-order valence-corrected chi connectivity index (χ0v) is 21.8. The Hall–Kier alpha value is -4.17. The van der Waals surface area contributed by atoms with Crippen molar-refractivity contribution in [3.63, 3.8) is 0 Å². The smallest absolute Gasteiger partial charge is 0.416 e. The highest BCUT2D eigenvalue weighted by molar-refractivity contribution is 9.10. The molecule has 4 rings (SSSR count). The molecular formula is C25H15BrF3N3O6S. The van der Waals surface area contributed by atoms with Crippen molar-refractivity contribution in [1.29, 1.82) is 0 Å². The maximum atomic E-state index is 13.0. The molecular weight excluding hydrogens is 607 g/mol. The van der Waals surface area contributed by atoms with Gasteiger partial charge in [0.05, 0.1) is 15.4 Å². The predicted octanol–water partition coefficient (Wildman–Crippen LogP) is 6.84. The Morgan fingerprint density at radius 2 is 1.77 bits per heavy atom. The third-order valence-electron chi connectivity index (χ3n) is 5.21. The molecule has 1 aliphatic heterocycles. The Bertz CT molecular complexity index is 1510. The van der Waals surface area contributed by atoms with Crippen LogP contribution in [0.5, 0.6) is 11.5 Å². The SMILES string of the molecule is O=C(CN1C(=O)S/C(=C/c2ccccc2Oc2ccc(C(F)(F)F)cc2[N+](=O)[O-])C1=O)Nc1ccc(Br)cc1. The second-order valence-corrected chi connectivity index (χ2v) is 9.81. The van der Waals surface area contributed by atoms with Crippen LogP contribution in [-0.4, -0.2) is 33.4 Å². The summed E-state index contributed by atoms with van der Waals surface area (Å²) in [6.45, 7) is -0.534. The summed E-state index contributed by atoms with van der Waals surface area (Å²) in [7, 11) is 0. The number of halogens is 4. The van der Waals surface area contributed by atoms with Gasteiger partial charge in [-0.1, -0.05) is 34.1 Å². The number of carbonyl (C=O) groups is 3. The van der Waals surface area contributed by atoms with Crippen LogP contribution in [0.4, 0.5) is 29.3 Å². The zero-order chi connectivity index (χ0) is 28.3. The van der Waals surface area contributed by atoms with Crippen LogP contribution in [0.25, 0.3) is 6.08 Å². The second-order valence-electron chi connectivity index (χ2n) is 7.90. The number of benzene rings is 3. The monoisotopic (exact) mass is 621 g/mol. The van der Waals surface area contributed by atoms with Gasteiger partial charge in [-0.3, -0.25) is 29.4 Å². The van der Waals surface area contributed by atoms with Gasteiger partial charge in [-0.25, -0.2) is 0 Å². The maximum absolute atomic E-state index is 13.0. The maximum Gasteiger partial charge on any atom is 0.416 e. The Labute approximate surface area is 230 Å². The molecule has 0 aliphatic carbocycles. The van der Waals surface area contributed by atoms with Crippen molar-refractivity contribution in [2.24, 2.45) is 0 Å². The largest absolute Gasteiger partial charge is 0.449 e. The highest BCUT2D eigenvalue weighted by Gasteiger charge is 2.37. The van der Waals surface area contributed by atoms with Crippen LogP contribution in [0, 0.1) is 10.1 Å². The van der Waals surface area contributed by atoms with E-state index in [0.29, 0.717) is 29.6 Å². The van der Waals surface area contributed by atoms with E-state index in [0.717, 1.165) is 15.4 Å². The lowest BCUT2D eigenvalue weighted by atomic mass is 10.1. The number of alkyl halides is 3. The first-order chi connectivity index (χ1) is 18.4. The summed E-state index contributed by atoms with van der Waals surface area (Å²) in [5.41, 5.74) is -1.44. The Balaban J connectivity index is 1.54. The number of rotatable bonds is 7. The van der Waals surface area contributed by atoms with Gasteiger partial charge in [0.15, 0.2) is 0 Å². The first-order valence-corrected chi connectivity index (χ1v) is 12.5. The number of para-hydroxylation sites is 1.